The number of hydrogen-bond acceptors (Lipinski definition) is 3. The molecule has 1 unspecified atom stereocenters. The van der Waals surface area contributed by atoms with E-state index in [0.29, 0.717) is 6.54 Å². The summed E-state index contributed by atoms with van der Waals surface area (Å²) in [4.78, 5) is 4.57. The van der Waals surface area contributed by atoms with Gasteiger partial charge in [0.15, 0.2) is 0 Å². The van der Waals surface area contributed by atoms with Gasteiger partial charge in [0.05, 0.1) is 0 Å². The van der Waals surface area contributed by atoms with Crippen LogP contribution < -0.4 is 5.73 Å². The summed E-state index contributed by atoms with van der Waals surface area (Å²) in [7, 11) is 6.38. The lowest BCUT2D eigenvalue weighted by atomic mass is 9.82. The average molecular weight is 249 g/mol. The fourth-order valence-corrected chi connectivity index (χ4v) is 2.16. The molecule has 102 valence electrons. The molecular weight excluding hydrogens is 222 g/mol. The van der Waals surface area contributed by atoms with E-state index >= 15 is 0 Å². The molecule has 3 nitrogen and oxygen atoms in total. The Bertz CT molecular complexity index is 337. The fraction of sp³-hybridized carbons (Fsp3) is 0.600. The molecule has 0 saturated heterocycles. The Labute approximate surface area is 112 Å². The summed E-state index contributed by atoms with van der Waals surface area (Å²) in [5.41, 5.74) is 7.36. The Hall–Kier alpha value is -0.900. The van der Waals surface area contributed by atoms with Crippen molar-refractivity contribution in [2.75, 3.05) is 47.3 Å². The van der Waals surface area contributed by atoms with Crippen molar-refractivity contribution >= 4 is 0 Å². The molecule has 0 aliphatic heterocycles. The maximum Gasteiger partial charge on any atom is 0.0174 e. The second-order valence-corrected chi connectivity index (χ2v) is 5.67. The first-order valence-electron chi connectivity index (χ1n) is 6.57. The predicted molar refractivity (Wildman–Crippen MR) is 78.9 cm³/mol. The van der Waals surface area contributed by atoms with Crippen LogP contribution in [0.3, 0.4) is 0 Å². The van der Waals surface area contributed by atoms with Crippen molar-refractivity contribution in [2.45, 2.75) is 12.3 Å². The number of nitrogens with zero attached hydrogens (tertiary/aromatic N) is 2. The van der Waals surface area contributed by atoms with Crippen molar-refractivity contribution in [2.24, 2.45) is 5.73 Å². The van der Waals surface area contributed by atoms with Crippen molar-refractivity contribution < 1.29 is 0 Å². The molecule has 0 radical (unpaired) electrons. The van der Waals surface area contributed by atoms with Gasteiger partial charge >= 0.3 is 0 Å². The van der Waals surface area contributed by atoms with Crippen LogP contribution in [0.15, 0.2) is 30.3 Å². The van der Waals surface area contributed by atoms with Gasteiger partial charge in [0.25, 0.3) is 0 Å². The van der Waals surface area contributed by atoms with Gasteiger partial charge in [-0.2, -0.15) is 0 Å². The summed E-state index contributed by atoms with van der Waals surface area (Å²) >= 11 is 0. The van der Waals surface area contributed by atoms with Crippen molar-refractivity contribution in [1.82, 2.24) is 9.80 Å². The van der Waals surface area contributed by atoms with E-state index in [1.54, 1.807) is 0 Å². The first-order valence-corrected chi connectivity index (χ1v) is 6.57. The van der Waals surface area contributed by atoms with E-state index in [0.717, 1.165) is 19.6 Å². The number of rotatable bonds is 7. The summed E-state index contributed by atoms with van der Waals surface area (Å²) in [6.07, 6.45) is 0. The van der Waals surface area contributed by atoms with Crippen LogP contribution in [0, 0.1) is 0 Å². The van der Waals surface area contributed by atoms with Gasteiger partial charge in [-0.05, 0) is 26.7 Å². The molecule has 18 heavy (non-hydrogen) atoms. The van der Waals surface area contributed by atoms with Gasteiger partial charge in [0.2, 0.25) is 0 Å². The second kappa shape index (κ2) is 6.88. The van der Waals surface area contributed by atoms with Crippen molar-refractivity contribution in [3.8, 4) is 0 Å². The molecule has 1 aromatic carbocycles. The number of benzene rings is 1. The van der Waals surface area contributed by atoms with E-state index in [9.17, 15) is 0 Å². The first kappa shape index (κ1) is 15.2. The molecule has 0 aliphatic rings. The Morgan fingerprint density at radius 1 is 1.06 bits per heavy atom. The Balaban J connectivity index is 2.65. The lowest BCUT2D eigenvalue weighted by Crippen LogP contribution is -2.44. The molecular formula is C15H27N3. The topological polar surface area (TPSA) is 32.5 Å². The maximum absolute atomic E-state index is 6.01. The quantitative estimate of drug-likeness (QED) is 0.793. The van der Waals surface area contributed by atoms with E-state index in [1.165, 1.54) is 5.56 Å². The SMILES string of the molecule is CN(C)CCN(C)CC(C)(CN)c1ccccc1. The molecule has 1 atom stereocenters. The third-order valence-electron chi connectivity index (χ3n) is 3.47. The Morgan fingerprint density at radius 2 is 1.67 bits per heavy atom. The van der Waals surface area contributed by atoms with Crippen LogP contribution in [-0.4, -0.2) is 57.1 Å². The molecule has 0 amide bonds. The fourth-order valence-electron chi connectivity index (χ4n) is 2.16. The van der Waals surface area contributed by atoms with Crippen LogP contribution in [0.25, 0.3) is 0 Å². The minimum atomic E-state index is 0.0301. The van der Waals surface area contributed by atoms with Crippen LogP contribution in [-0.2, 0) is 5.41 Å². The molecule has 0 spiro atoms. The Kier molecular flexibility index (Phi) is 5.79. The number of hydrogen-bond donors (Lipinski definition) is 1. The predicted octanol–water partition coefficient (Wildman–Crippen LogP) is 1.40. The smallest absolute Gasteiger partial charge is 0.0174 e. The summed E-state index contributed by atoms with van der Waals surface area (Å²) in [5.74, 6) is 0. The van der Waals surface area contributed by atoms with Crippen LogP contribution in [0.5, 0.6) is 0 Å². The van der Waals surface area contributed by atoms with Crippen molar-refractivity contribution in [1.29, 1.82) is 0 Å². The van der Waals surface area contributed by atoms with Gasteiger partial charge < -0.3 is 15.5 Å². The molecule has 0 aromatic heterocycles. The first-order chi connectivity index (χ1) is 8.48. The highest BCUT2D eigenvalue weighted by atomic mass is 15.2. The lowest BCUT2D eigenvalue weighted by molar-refractivity contribution is 0.234. The average Bonchev–Trinajstić information content (AvgIpc) is 2.37. The van der Waals surface area contributed by atoms with Crippen LogP contribution in [0.4, 0.5) is 0 Å². The standard InChI is InChI=1S/C15H27N3/c1-15(12-16,14-8-6-5-7-9-14)13-18(4)11-10-17(2)3/h5-9H,10-13,16H2,1-4H3. The third-order valence-corrected chi connectivity index (χ3v) is 3.47. The molecule has 1 rings (SSSR count). The molecule has 3 heteroatoms. The van der Waals surface area contributed by atoms with Crippen LogP contribution in [0.2, 0.25) is 0 Å². The minimum absolute atomic E-state index is 0.0301. The zero-order chi connectivity index (χ0) is 13.6. The monoisotopic (exact) mass is 249 g/mol. The highest BCUT2D eigenvalue weighted by Crippen LogP contribution is 2.23. The van der Waals surface area contributed by atoms with Gasteiger partial charge in [-0.25, -0.2) is 0 Å². The Morgan fingerprint density at radius 3 is 2.17 bits per heavy atom. The van der Waals surface area contributed by atoms with E-state index in [4.69, 9.17) is 5.73 Å². The highest BCUT2D eigenvalue weighted by Gasteiger charge is 2.26. The summed E-state index contributed by atoms with van der Waals surface area (Å²) in [6, 6.07) is 10.6. The molecule has 1 aromatic rings. The van der Waals surface area contributed by atoms with Crippen LogP contribution >= 0.6 is 0 Å². The number of likely N-dealkylation sites (N-methyl/N-ethyl adjacent to an activating group) is 2. The van der Waals surface area contributed by atoms with E-state index < -0.39 is 0 Å². The largest absolute Gasteiger partial charge is 0.330 e. The van der Waals surface area contributed by atoms with E-state index in [-0.39, 0.29) is 5.41 Å². The zero-order valence-corrected chi connectivity index (χ0v) is 12.2. The molecule has 2 N–H and O–H groups in total. The molecule has 0 aliphatic carbocycles. The van der Waals surface area contributed by atoms with Gasteiger partial charge in [-0.15, -0.1) is 0 Å². The maximum atomic E-state index is 6.01. The second-order valence-electron chi connectivity index (χ2n) is 5.67. The van der Waals surface area contributed by atoms with E-state index in [1.807, 2.05) is 0 Å². The van der Waals surface area contributed by atoms with Crippen LogP contribution in [0.1, 0.15) is 12.5 Å². The summed E-state index contributed by atoms with van der Waals surface area (Å²) in [5, 5.41) is 0. The zero-order valence-electron chi connectivity index (χ0n) is 12.2. The van der Waals surface area contributed by atoms with Gasteiger partial charge in [-0.1, -0.05) is 37.3 Å². The highest BCUT2D eigenvalue weighted by molar-refractivity contribution is 5.25. The van der Waals surface area contributed by atoms with Crippen molar-refractivity contribution in [3.63, 3.8) is 0 Å². The summed E-state index contributed by atoms with van der Waals surface area (Å²) in [6.45, 7) is 6.04. The van der Waals surface area contributed by atoms with Gasteiger partial charge in [0.1, 0.15) is 0 Å². The summed E-state index contributed by atoms with van der Waals surface area (Å²) < 4.78 is 0. The molecule has 0 saturated carbocycles. The lowest BCUT2D eigenvalue weighted by Gasteiger charge is -2.33. The minimum Gasteiger partial charge on any atom is -0.330 e. The van der Waals surface area contributed by atoms with E-state index in [2.05, 4.69) is 68.2 Å². The van der Waals surface area contributed by atoms with Crippen molar-refractivity contribution in [3.05, 3.63) is 35.9 Å². The molecule has 0 fully saturated rings. The number of nitrogens with two attached hydrogens (primary N) is 1. The van der Waals surface area contributed by atoms with Gasteiger partial charge in [-0.3, -0.25) is 0 Å². The molecule has 0 bridgehead atoms. The normalized spacial score (nSPS) is 15.1. The van der Waals surface area contributed by atoms with Gasteiger partial charge in [0, 0.05) is 31.6 Å². The molecule has 0 heterocycles. The third kappa shape index (κ3) is 4.41.